The summed E-state index contributed by atoms with van der Waals surface area (Å²) in [6.07, 6.45) is 6.54. The lowest BCUT2D eigenvalue weighted by Crippen LogP contribution is -2.38. The molecule has 0 aromatic heterocycles. The van der Waals surface area contributed by atoms with Crippen LogP contribution in [0.4, 0.5) is 0 Å². The van der Waals surface area contributed by atoms with Gasteiger partial charge in [-0.2, -0.15) is 0 Å². The van der Waals surface area contributed by atoms with Crippen LogP contribution in [0.3, 0.4) is 0 Å². The van der Waals surface area contributed by atoms with Crippen molar-refractivity contribution in [1.82, 2.24) is 10.2 Å². The summed E-state index contributed by atoms with van der Waals surface area (Å²) in [5, 5.41) is 3.09. The molecule has 1 fully saturated rings. The maximum Gasteiger partial charge on any atom is 0.223 e. The first-order valence-corrected chi connectivity index (χ1v) is 12.5. The second-order valence-corrected chi connectivity index (χ2v) is 9.59. The molecule has 4 rings (SSSR count). The number of hydrogen-bond acceptors (Lipinski definition) is 5. The fourth-order valence-corrected chi connectivity index (χ4v) is 5.08. The van der Waals surface area contributed by atoms with Crippen LogP contribution in [0.25, 0.3) is 0 Å². The van der Waals surface area contributed by atoms with E-state index in [1.807, 2.05) is 19.1 Å². The highest BCUT2D eigenvalue weighted by Gasteiger charge is 2.22. The average Bonchev–Trinajstić information content (AvgIpc) is 2.87. The molecule has 0 saturated heterocycles. The van der Waals surface area contributed by atoms with E-state index in [1.165, 1.54) is 36.0 Å². The predicted octanol–water partition coefficient (Wildman–Crippen LogP) is 4.73. The number of fused-ring (bicyclic) bond motifs is 1. The molecule has 2 aromatic rings. The normalized spacial score (nSPS) is 17.5. The van der Waals surface area contributed by atoms with Gasteiger partial charge in [0, 0.05) is 25.6 Å². The Morgan fingerprint density at radius 2 is 1.79 bits per heavy atom. The molecule has 1 aliphatic carbocycles. The minimum atomic E-state index is -0.0768. The van der Waals surface area contributed by atoms with Gasteiger partial charge in [0.1, 0.15) is 11.9 Å². The molecule has 1 heterocycles. The van der Waals surface area contributed by atoms with Crippen molar-refractivity contribution >= 4 is 5.91 Å². The molecule has 0 spiro atoms. The lowest BCUT2D eigenvalue weighted by atomic mass is 9.89. The average molecular weight is 467 g/mol. The van der Waals surface area contributed by atoms with Gasteiger partial charge in [0.25, 0.3) is 0 Å². The van der Waals surface area contributed by atoms with Crippen molar-refractivity contribution < 1.29 is 19.0 Å². The zero-order valence-electron chi connectivity index (χ0n) is 20.8. The van der Waals surface area contributed by atoms with Crippen molar-refractivity contribution in [2.45, 2.75) is 64.6 Å². The largest absolute Gasteiger partial charge is 0.493 e. The van der Waals surface area contributed by atoms with Crippen molar-refractivity contribution in [3.63, 3.8) is 0 Å². The standard InChI is InChI=1S/C28H38N2O4/c1-20(17-29-28(31)22-9-5-4-6-10-22)34-25-11-7-8-21(14-25)18-30-13-12-23-15-26(32-2)27(33-3)16-24(23)19-30/h7-8,11,14-16,20,22H,4-6,9-10,12-13,17-19H2,1-3H3,(H,29,31)/t20-/m0/s1. The molecule has 1 N–H and O–H groups in total. The Labute approximate surface area is 203 Å². The van der Waals surface area contributed by atoms with Gasteiger partial charge < -0.3 is 19.5 Å². The molecular weight excluding hydrogens is 428 g/mol. The SMILES string of the molecule is COc1cc2c(cc1OC)CN(Cc1cccc(O[C@@H](C)CNC(=O)C3CCCCC3)c1)CC2. The highest BCUT2D eigenvalue weighted by molar-refractivity contribution is 5.78. The van der Waals surface area contributed by atoms with E-state index >= 15 is 0 Å². The minimum absolute atomic E-state index is 0.0768. The molecule has 34 heavy (non-hydrogen) atoms. The lowest BCUT2D eigenvalue weighted by Gasteiger charge is -2.29. The van der Waals surface area contributed by atoms with Crippen molar-refractivity contribution in [1.29, 1.82) is 0 Å². The molecule has 2 aliphatic rings. The van der Waals surface area contributed by atoms with Crippen LogP contribution in [0.5, 0.6) is 17.2 Å². The third-order valence-corrected chi connectivity index (χ3v) is 6.98. The maximum atomic E-state index is 12.4. The fourth-order valence-electron chi connectivity index (χ4n) is 5.08. The molecule has 1 amide bonds. The number of hydrogen-bond donors (Lipinski definition) is 1. The van der Waals surface area contributed by atoms with Crippen LogP contribution in [0.1, 0.15) is 55.7 Å². The molecular formula is C28H38N2O4. The van der Waals surface area contributed by atoms with Gasteiger partial charge in [-0.25, -0.2) is 0 Å². The first kappa shape index (κ1) is 24.4. The number of methoxy groups -OCH3 is 2. The molecule has 1 atom stereocenters. The Morgan fingerprint density at radius 1 is 1.06 bits per heavy atom. The van der Waals surface area contributed by atoms with Gasteiger partial charge in [0.05, 0.1) is 20.8 Å². The van der Waals surface area contributed by atoms with Crippen LogP contribution in [-0.2, 0) is 24.3 Å². The number of carbonyl (C=O) groups excluding carboxylic acids is 1. The quantitative estimate of drug-likeness (QED) is 0.579. The molecule has 184 valence electrons. The fraction of sp³-hybridized carbons (Fsp3) is 0.536. The summed E-state index contributed by atoms with van der Waals surface area (Å²) in [6.45, 7) is 5.28. The zero-order valence-corrected chi connectivity index (χ0v) is 20.8. The summed E-state index contributed by atoms with van der Waals surface area (Å²) < 4.78 is 17.1. The monoisotopic (exact) mass is 466 g/mol. The van der Waals surface area contributed by atoms with Gasteiger partial charge in [-0.15, -0.1) is 0 Å². The Hall–Kier alpha value is -2.73. The van der Waals surface area contributed by atoms with Crippen molar-refractivity contribution in [2.24, 2.45) is 5.92 Å². The predicted molar refractivity (Wildman–Crippen MR) is 133 cm³/mol. The third kappa shape index (κ3) is 6.23. The van der Waals surface area contributed by atoms with E-state index < -0.39 is 0 Å². The van der Waals surface area contributed by atoms with Gasteiger partial charge >= 0.3 is 0 Å². The first-order valence-electron chi connectivity index (χ1n) is 12.5. The van der Waals surface area contributed by atoms with Crippen LogP contribution in [0.2, 0.25) is 0 Å². The molecule has 2 aromatic carbocycles. The Balaban J connectivity index is 1.30. The number of rotatable bonds is 9. The summed E-state index contributed by atoms with van der Waals surface area (Å²) in [6, 6.07) is 12.5. The smallest absolute Gasteiger partial charge is 0.223 e. The van der Waals surface area contributed by atoms with Gasteiger partial charge in [-0.05, 0) is 67.1 Å². The van der Waals surface area contributed by atoms with Crippen LogP contribution in [-0.4, -0.2) is 44.2 Å². The molecule has 0 radical (unpaired) electrons. The van der Waals surface area contributed by atoms with Crippen molar-refractivity contribution in [2.75, 3.05) is 27.3 Å². The van der Waals surface area contributed by atoms with Crippen molar-refractivity contribution in [3.8, 4) is 17.2 Å². The van der Waals surface area contributed by atoms with E-state index in [1.54, 1.807) is 14.2 Å². The topological polar surface area (TPSA) is 60.0 Å². The Bertz CT molecular complexity index is 971. The molecule has 0 unspecified atom stereocenters. The zero-order chi connectivity index (χ0) is 23.9. The van der Waals surface area contributed by atoms with E-state index in [4.69, 9.17) is 14.2 Å². The van der Waals surface area contributed by atoms with Gasteiger partial charge in [0.15, 0.2) is 11.5 Å². The minimum Gasteiger partial charge on any atom is -0.493 e. The molecule has 1 saturated carbocycles. The van der Waals surface area contributed by atoms with Crippen LogP contribution < -0.4 is 19.5 Å². The highest BCUT2D eigenvalue weighted by atomic mass is 16.5. The van der Waals surface area contributed by atoms with Crippen LogP contribution in [0, 0.1) is 5.92 Å². The molecule has 6 nitrogen and oxygen atoms in total. The number of ether oxygens (including phenoxy) is 3. The van der Waals surface area contributed by atoms with Gasteiger partial charge in [0.2, 0.25) is 5.91 Å². The maximum absolute atomic E-state index is 12.4. The Kier molecular flexibility index (Phi) is 8.33. The van der Waals surface area contributed by atoms with E-state index in [0.717, 1.165) is 56.1 Å². The lowest BCUT2D eigenvalue weighted by molar-refractivity contribution is -0.126. The second kappa shape index (κ2) is 11.6. The van der Waals surface area contributed by atoms with E-state index in [0.29, 0.717) is 6.54 Å². The second-order valence-electron chi connectivity index (χ2n) is 9.59. The number of benzene rings is 2. The number of carbonyl (C=O) groups is 1. The van der Waals surface area contributed by atoms with E-state index in [9.17, 15) is 4.79 Å². The summed E-state index contributed by atoms with van der Waals surface area (Å²) in [7, 11) is 3.36. The van der Waals surface area contributed by atoms with E-state index in [-0.39, 0.29) is 17.9 Å². The molecule has 0 bridgehead atoms. The number of amides is 1. The highest BCUT2D eigenvalue weighted by Crippen LogP contribution is 2.33. The Morgan fingerprint density at radius 3 is 2.53 bits per heavy atom. The summed E-state index contributed by atoms with van der Waals surface area (Å²) in [4.78, 5) is 14.9. The third-order valence-electron chi connectivity index (χ3n) is 6.98. The van der Waals surface area contributed by atoms with E-state index in [2.05, 4.69) is 34.5 Å². The van der Waals surface area contributed by atoms with Crippen LogP contribution in [0.15, 0.2) is 36.4 Å². The summed E-state index contributed by atoms with van der Waals surface area (Å²) >= 11 is 0. The number of nitrogens with zero attached hydrogens (tertiary/aromatic N) is 1. The first-order chi connectivity index (χ1) is 16.6. The van der Waals surface area contributed by atoms with Crippen LogP contribution >= 0.6 is 0 Å². The summed E-state index contributed by atoms with van der Waals surface area (Å²) in [5.74, 6) is 2.79. The van der Waals surface area contributed by atoms with Gasteiger partial charge in [-0.3, -0.25) is 9.69 Å². The van der Waals surface area contributed by atoms with Gasteiger partial charge in [-0.1, -0.05) is 31.4 Å². The van der Waals surface area contributed by atoms with Crippen molar-refractivity contribution in [3.05, 3.63) is 53.1 Å². The summed E-state index contributed by atoms with van der Waals surface area (Å²) in [5.41, 5.74) is 3.84. The molecule has 1 aliphatic heterocycles. The molecule has 6 heteroatoms. The number of nitrogens with one attached hydrogen (secondary N) is 1.